The predicted molar refractivity (Wildman–Crippen MR) is 106 cm³/mol. The number of phenolic OH excluding ortho intramolecular Hbond substituents is 1. The van der Waals surface area contributed by atoms with Crippen LogP contribution in [0.5, 0.6) is 23.0 Å². The van der Waals surface area contributed by atoms with Gasteiger partial charge in [0.1, 0.15) is 0 Å². The van der Waals surface area contributed by atoms with Gasteiger partial charge in [-0.3, -0.25) is 4.79 Å². The van der Waals surface area contributed by atoms with E-state index in [0.29, 0.717) is 23.7 Å². The van der Waals surface area contributed by atoms with E-state index in [1.807, 2.05) is 24.3 Å². The van der Waals surface area contributed by atoms with E-state index in [2.05, 4.69) is 0 Å². The molecule has 6 heteroatoms. The van der Waals surface area contributed by atoms with Crippen LogP contribution in [0.3, 0.4) is 0 Å². The first kappa shape index (κ1) is 19.4. The highest BCUT2D eigenvalue weighted by Gasteiger charge is 2.35. The molecule has 0 bridgehead atoms. The molecule has 0 amide bonds. The van der Waals surface area contributed by atoms with Gasteiger partial charge in [0, 0.05) is 11.7 Å². The van der Waals surface area contributed by atoms with Gasteiger partial charge in [0.25, 0.3) is 0 Å². The van der Waals surface area contributed by atoms with Crippen LogP contribution >= 0.6 is 11.8 Å². The minimum absolute atomic E-state index is 0.0580. The van der Waals surface area contributed by atoms with Gasteiger partial charge in [-0.1, -0.05) is 23.9 Å². The summed E-state index contributed by atoms with van der Waals surface area (Å²) in [5.41, 5.74) is 2.11. The molecule has 2 aromatic carbocycles. The van der Waals surface area contributed by atoms with Gasteiger partial charge in [0.15, 0.2) is 28.1 Å². The Morgan fingerprint density at radius 1 is 0.926 bits per heavy atom. The molecule has 27 heavy (non-hydrogen) atoms. The van der Waals surface area contributed by atoms with Gasteiger partial charge in [-0.2, -0.15) is 0 Å². The molecular formula is C21H24O5S. The van der Waals surface area contributed by atoms with Crippen molar-refractivity contribution in [1.29, 1.82) is 0 Å². The number of aromatic hydroxyl groups is 1. The van der Waals surface area contributed by atoms with Gasteiger partial charge in [-0.25, -0.2) is 0 Å². The SMILES string of the molecule is COc1cc(C[C@H]2C(=O)SC[C@@H]2Cc2ccc(OC)c(OC)c2)ccc1O. The second kappa shape index (κ2) is 8.57. The number of carbonyl (C=O) groups is 1. The molecule has 0 aromatic heterocycles. The van der Waals surface area contributed by atoms with Crippen LogP contribution in [-0.2, 0) is 17.6 Å². The van der Waals surface area contributed by atoms with E-state index in [1.165, 1.54) is 18.9 Å². The van der Waals surface area contributed by atoms with Crippen molar-refractivity contribution in [1.82, 2.24) is 0 Å². The molecule has 1 heterocycles. The van der Waals surface area contributed by atoms with Gasteiger partial charge < -0.3 is 19.3 Å². The average Bonchev–Trinajstić information content (AvgIpc) is 3.02. The summed E-state index contributed by atoms with van der Waals surface area (Å²) in [6, 6.07) is 11.2. The van der Waals surface area contributed by atoms with E-state index in [9.17, 15) is 9.90 Å². The molecule has 0 spiro atoms. The zero-order chi connectivity index (χ0) is 19.4. The van der Waals surface area contributed by atoms with Crippen molar-refractivity contribution in [3.8, 4) is 23.0 Å². The second-order valence-electron chi connectivity index (χ2n) is 6.60. The summed E-state index contributed by atoms with van der Waals surface area (Å²) in [7, 11) is 4.76. The van der Waals surface area contributed by atoms with Gasteiger partial charge in [-0.15, -0.1) is 0 Å². The quantitative estimate of drug-likeness (QED) is 0.780. The number of hydrogen-bond donors (Lipinski definition) is 1. The van der Waals surface area contributed by atoms with Crippen molar-refractivity contribution in [2.24, 2.45) is 11.8 Å². The number of methoxy groups -OCH3 is 3. The molecule has 1 N–H and O–H groups in total. The molecule has 1 aliphatic rings. The Bertz CT molecular complexity index is 820. The molecule has 1 saturated heterocycles. The first-order valence-electron chi connectivity index (χ1n) is 8.79. The highest BCUT2D eigenvalue weighted by Crippen LogP contribution is 2.38. The summed E-state index contributed by atoms with van der Waals surface area (Å²) < 4.78 is 15.9. The standard InChI is InChI=1S/C21H24O5S/c1-24-18-7-5-13(11-20(18)26-3)8-15-12-27-21(23)16(15)9-14-4-6-17(22)19(10-14)25-2/h4-7,10-11,15-16,22H,8-9,12H2,1-3H3/t15-,16+/m0/s1. The second-order valence-corrected chi connectivity index (χ2v) is 7.62. The number of thioether (sulfide) groups is 1. The molecule has 1 aliphatic heterocycles. The lowest BCUT2D eigenvalue weighted by Gasteiger charge is -2.19. The maximum atomic E-state index is 12.5. The van der Waals surface area contributed by atoms with Crippen molar-refractivity contribution >= 4 is 16.9 Å². The largest absolute Gasteiger partial charge is 0.504 e. The maximum Gasteiger partial charge on any atom is 0.192 e. The highest BCUT2D eigenvalue weighted by atomic mass is 32.2. The van der Waals surface area contributed by atoms with Crippen molar-refractivity contribution in [2.75, 3.05) is 27.1 Å². The van der Waals surface area contributed by atoms with E-state index in [0.717, 1.165) is 23.3 Å². The van der Waals surface area contributed by atoms with Gasteiger partial charge in [-0.05, 0) is 54.2 Å². The number of carbonyl (C=O) groups excluding carboxylic acids is 1. The smallest absolute Gasteiger partial charge is 0.192 e. The van der Waals surface area contributed by atoms with E-state index >= 15 is 0 Å². The number of phenols is 1. The molecule has 0 saturated carbocycles. The highest BCUT2D eigenvalue weighted by molar-refractivity contribution is 8.14. The normalized spacial score (nSPS) is 19.1. The van der Waals surface area contributed by atoms with Crippen LogP contribution in [0.2, 0.25) is 0 Å². The topological polar surface area (TPSA) is 65.0 Å². The van der Waals surface area contributed by atoms with Crippen LogP contribution in [0.25, 0.3) is 0 Å². The lowest BCUT2D eigenvalue weighted by molar-refractivity contribution is -0.114. The number of rotatable bonds is 7. The molecule has 144 valence electrons. The molecule has 0 aliphatic carbocycles. The third kappa shape index (κ3) is 4.33. The lowest BCUT2D eigenvalue weighted by Crippen LogP contribution is -2.20. The molecule has 3 rings (SSSR count). The first-order valence-corrected chi connectivity index (χ1v) is 9.77. The third-order valence-corrected chi connectivity index (χ3v) is 6.14. The molecule has 2 aromatic rings. The van der Waals surface area contributed by atoms with Crippen LogP contribution in [0.15, 0.2) is 36.4 Å². The van der Waals surface area contributed by atoms with E-state index in [1.54, 1.807) is 26.4 Å². The van der Waals surface area contributed by atoms with Crippen LogP contribution in [0.1, 0.15) is 11.1 Å². The fraction of sp³-hybridized carbons (Fsp3) is 0.381. The van der Waals surface area contributed by atoms with Crippen molar-refractivity contribution in [3.63, 3.8) is 0 Å². The Morgan fingerprint density at radius 3 is 2.26 bits per heavy atom. The van der Waals surface area contributed by atoms with E-state index in [4.69, 9.17) is 14.2 Å². The Balaban J connectivity index is 1.76. The van der Waals surface area contributed by atoms with Crippen LogP contribution in [0.4, 0.5) is 0 Å². The minimum atomic E-state index is -0.0580. The van der Waals surface area contributed by atoms with Gasteiger partial charge in [0.05, 0.1) is 21.3 Å². The molecule has 0 unspecified atom stereocenters. The van der Waals surface area contributed by atoms with Crippen LogP contribution in [0, 0.1) is 11.8 Å². The summed E-state index contributed by atoms with van der Waals surface area (Å²) in [6.45, 7) is 0. The summed E-state index contributed by atoms with van der Waals surface area (Å²) in [5.74, 6) is 2.94. The number of benzene rings is 2. The Labute approximate surface area is 163 Å². The molecular weight excluding hydrogens is 364 g/mol. The number of ether oxygens (including phenoxy) is 3. The maximum absolute atomic E-state index is 12.5. The van der Waals surface area contributed by atoms with E-state index in [-0.39, 0.29) is 22.7 Å². The fourth-order valence-electron chi connectivity index (χ4n) is 3.47. The predicted octanol–water partition coefficient (Wildman–Crippen LogP) is 3.71. The summed E-state index contributed by atoms with van der Waals surface area (Å²) in [4.78, 5) is 12.5. The van der Waals surface area contributed by atoms with Crippen molar-refractivity contribution in [2.45, 2.75) is 12.8 Å². The summed E-state index contributed by atoms with van der Waals surface area (Å²) >= 11 is 1.41. The fourth-order valence-corrected chi connectivity index (χ4v) is 4.69. The first-order chi connectivity index (χ1) is 13.0. The lowest BCUT2D eigenvalue weighted by atomic mass is 9.85. The Hall–Kier alpha value is -2.34. The zero-order valence-electron chi connectivity index (χ0n) is 15.7. The summed E-state index contributed by atoms with van der Waals surface area (Å²) in [5, 5.41) is 10.00. The van der Waals surface area contributed by atoms with Crippen molar-refractivity contribution < 1.29 is 24.1 Å². The monoisotopic (exact) mass is 388 g/mol. The third-order valence-electron chi connectivity index (χ3n) is 4.96. The summed E-state index contributed by atoms with van der Waals surface area (Å²) in [6.07, 6.45) is 1.44. The zero-order valence-corrected chi connectivity index (χ0v) is 16.5. The van der Waals surface area contributed by atoms with Crippen LogP contribution in [-0.4, -0.2) is 37.3 Å². The molecule has 0 radical (unpaired) electrons. The van der Waals surface area contributed by atoms with Crippen LogP contribution < -0.4 is 14.2 Å². The average molecular weight is 388 g/mol. The molecule has 2 atom stereocenters. The van der Waals surface area contributed by atoms with Crippen molar-refractivity contribution in [3.05, 3.63) is 47.5 Å². The minimum Gasteiger partial charge on any atom is -0.504 e. The van der Waals surface area contributed by atoms with E-state index < -0.39 is 0 Å². The van der Waals surface area contributed by atoms with Gasteiger partial charge in [0.2, 0.25) is 0 Å². The Kier molecular flexibility index (Phi) is 6.16. The Morgan fingerprint density at radius 2 is 1.56 bits per heavy atom. The molecule has 5 nitrogen and oxygen atoms in total. The number of hydrogen-bond acceptors (Lipinski definition) is 6. The molecule has 1 fully saturated rings. The van der Waals surface area contributed by atoms with Gasteiger partial charge >= 0.3 is 0 Å².